The van der Waals surface area contributed by atoms with E-state index in [0.29, 0.717) is 17.1 Å². The summed E-state index contributed by atoms with van der Waals surface area (Å²) in [7, 11) is 0. The molecule has 0 aliphatic rings. The highest BCUT2D eigenvalue weighted by Gasteiger charge is 2.12. The molecule has 0 saturated heterocycles. The molecular formula is C24H23F2N7O. The Morgan fingerprint density at radius 1 is 1.15 bits per heavy atom. The predicted molar refractivity (Wildman–Crippen MR) is 128 cm³/mol. The fourth-order valence-electron chi connectivity index (χ4n) is 3.02. The fourth-order valence-corrected chi connectivity index (χ4v) is 3.02. The number of hydrogen-bond acceptors (Lipinski definition) is 6. The molecule has 10 heteroatoms. The Morgan fingerprint density at radius 2 is 1.94 bits per heavy atom. The number of carbonyl (C=O) groups is 1. The molecule has 3 aromatic rings. The zero-order valence-electron chi connectivity index (χ0n) is 18.3. The lowest BCUT2D eigenvalue weighted by molar-refractivity contribution is -0.112. The molecule has 0 unspecified atom stereocenters. The molecule has 174 valence electrons. The van der Waals surface area contributed by atoms with E-state index in [9.17, 15) is 13.6 Å². The Balaban J connectivity index is 2.01. The third-order valence-corrected chi connectivity index (χ3v) is 4.66. The molecule has 8 nitrogen and oxygen atoms in total. The molecule has 34 heavy (non-hydrogen) atoms. The van der Waals surface area contributed by atoms with Gasteiger partial charge in [-0.15, -0.1) is 0 Å². The highest BCUT2D eigenvalue weighted by atomic mass is 19.1. The average Bonchev–Trinajstić information content (AvgIpc) is 2.80. The number of amides is 1. The number of benzene rings is 1. The van der Waals surface area contributed by atoms with Crippen LogP contribution in [-0.2, 0) is 11.3 Å². The zero-order valence-corrected chi connectivity index (χ0v) is 18.3. The maximum Gasteiger partial charge on any atom is 0.252 e. The smallest absolute Gasteiger partial charge is 0.252 e. The van der Waals surface area contributed by atoms with Gasteiger partial charge in [-0.25, -0.2) is 13.8 Å². The van der Waals surface area contributed by atoms with Gasteiger partial charge in [0.15, 0.2) is 0 Å². The molecule has 0 atom stereocenters. The van der Waals surface area contributed by atoms with E-state index in [1.807, 2.05) is 19.1 Å². The molecule has 0 bridgehead atoms. The lowest BCUT2D eigenvalue weighted by Gasteiger charge is -2.13. The number of aryl methyl sites for hydroxylation is 1. The molecule has 0 aliphatic heterocycles. The van der Waals surface area contributed by atoms with Gasteiger partial charge in [0.2, 0.25) is 0 Å². The van der Waals surface area contributed by atoms with E-state index in [-0.39, 0.29) is 29.2 Å². The Labute approximate surface area is 194 Å². The van der Waals surface area contributed by atoms with Gasteiger partial charge in [0, 0.05) is 35.3 Å². The number of pyridine rings is 2. The van der Waals surface area contributed by atoms with Gasteiger partial charge in [-0.2, -0.15) is 0 Å². The minimum absolute atomic E-state index is 0.0399. The van der Waals surface area contributed by atoms with Crippen LogP contribution in [-0.4, -0.2) is 21.7 Å². The second kappa shape index (κ2) is 10.8. The summed E-state index contributed by atoms with van der Waals surface area (Å²) in [5, 5.41) is 3.16. The third kappa shape index (κ3) is 6.22. The van der Waals surface area contributed by atoms with Crippen molar-refractivity contribution in [1.82, 2.24) is 9.97 Å². The highest BCUT2D eigenvalue weighted by molar-refractivity contribution is 6.18. The molecule has 0 spiro atoms. The summed E-state index contributed by atoms with van der Waals surface area (Å²) in [6.07, 6.45) is 4.07. The molecule has 1 amide bonds. The molecule has 0 aliphatic carbocycles. The molecule has 2 aromatic heterocycles. The molecule has 1 aromatic carbocycles. The number of amidine groups is 1. The highest BCUT2D eigenvalue weighted by Crippen LogP contribution is 2.21. The van der Waals surface area contributed by atoms with Crippen molar-refractivity contribution in [2.24, 2.45) is 22.2 Å². The van der Waals surface area contributed by atoms with Crippen molar-refractivity contribution in [3.63, 3.8) is 0 Å². The van der Waals surface area contributed by atoms with Gasteiger partial charge >= 0.3 is 0 Å². The monoisotopic (exact) mass is 463 g/mol. The number of nitrogens with two attached hydrogens (primary N) is 3. The van der Waals surface area contributed by atoms with Crippen LogP contribution in [0.5, 0.6) is 0 Å². The summed E-state index contributed by atoms with van der Waals surface area (Å²) in [6, 6.07) is 11.8. The quantitative estimate of drug-likeness (QED) is 0.230. The summed E-state index contributed by atoms with van der Waals surface area (Å²) >= 11 is 0. The van der Waals surface area contributed by atoms with Crippen LogP contribution in [0, 0.1) is 18.6 Å². The molecule has 7 N–H and O–H groups in total. The first-order valence-corrected chi connectivity index (χ1v) is 10.1. The first-order chi connectivity index (χ1) is 16.3. The van der Waals surface area contributed by atoms with Crippen molar-refractivity contribution in [3.8, 4) is 0 Å². The summed E-state index contributed by atoms with van der Waals surface area (Å²) < 4.78 is 27.4. The van der Waals surface area contributed by atoms with Gasteiger partial charge in [-0.1, -0.05) is 6.07 Å². The first kappa shape index (κ1) is 24.1. The third-order valence-electron chi connectivity index (χ3n) is 4.66. The van der Waals surface area contributed by atoms with E-state index in [0.717, 1.165) is 30.1 Å². The Hall–Kier alpha value is -4.60. The topological polar surface area (TPSA) is 145 Å². The van der Waals surface area contributed by atoms with Crippen molar-refractivity contribution in [2.75, 3.05) is 5.32 Å². The van der Waals surface area contributed by atoms with Crippen LogP contribution >= 0.6 is 0 Å². The van der Waals surface area contributed by atoms with Crippen molar-refractivity contribution < 1.29 is 13.6 Å². The van der Waals surface area contributed by atoms with Crippen LogP contribution in [0.15, 0.2) is 72.0 Å². The number of nitrogens with one attached hydrogen (secondary N) is 1. The van der Waals surface area contributed by atoms with Gasteiger partial charge in [0.1, 0.15) is 23.3 Å². The number of anilines is 1. The maximum absolute atomic E-state index is 13.9. The lowest BCUT2D eigenvalue weighted by atomic mass is 10.1. The van der Waals surface area contributed by atoms with Gasteiger partial charge in [0.05, 0.1) is 23.5 Å². The number of halogens is 2. The average molecular weight is 463 g/mol. The molecular weight excluding hydrogens is 440 g/mol. The van der Waals surface area contributed by atoms with E-state index in [4.69, 9.17) is 17.2 Å². The van der Waals surface area contributed by atoms with E-state index in [2.05, 4.69) is 20.3 Å². The summed E-state index contributed by atoms with van der Waals surface area (Å²) in [6.45, 7) is 1.68. The second-order valence-electron chi connectivity index (χ2n) is 7.20. The summed E-state index contributed by atoms with van der Waals surface area (Å²) in [4.78, 5) is 24.4. The van der Waals surface area contributed by atoms with Gasteiger partial charge < -0.3 is 22.5 Å². The van der Waals surface area contributed by atoms with E-state index in [1.165, 1.54) is 12.3 Å². The molecule has 3 rings (SSSR count). The number of aliphatic imine (C=N–C) groups is 1. The SMILES string of the molecule is Cc1cccc(N/C(=C\C(N)=NCc2cc(F)ccc2F)c2ccnc(C(=CN)C(N)=O)c2)n1. The van der Waals surface area contributed by atoms with Crippen molar-refractivity contribution in [3.05, 3.63) is 101 Å². The number of primary amides is 1. The van der Waals surface area contributed by atoms with Gasteiger partial charge in [-0.05, 0) is 49.4 Å². The van der Waals surface area contributed by atoms with Crippen molar-refractivity contribution >= 4 is 28.8 Å². The number of aromatic nitrogens is 2. The van der Waals surface area contributed by atoms with Crippen molar-refractivity contribution in [1.29, 1.82) is 0 Å². The van der Waals surface area contributed by atoms with Crippen LogP contribution < -0.4 is 22.5 Å². The van der Waals surface area contributed by atoms with Crippen LogP contribution in [0.1, 0.15) is 22.5 Å². The zero-order chi connectivity index (χ0) is 24.7. The van der Waals surface area contributed by atoms with Gasteiger partial charge in [0.25, 0.3) is 5.91 Å². The number of carbonyl (C=O) groups excluding carboxylic acids is 1. The molecule has 0 saturated carbocycles. The standard InChI is InChI=1S/C24H23F2N7O/c1-14-3-2-4-23(32-14)33-20(15-7-8-30-21(10-15)18(12-27)24(29)34)11-22(28)31-13-16-9-17(25)5-6-19(16)26/h2-12H,13,27H2,1H3,(H2,28,31)(H2,29,34)(H,32,33)/b18-12?,20-11-. The largest absolute Gasteiger partial charge is 0.404 e. The summed E-state index contributed by atoms with van der Waals surface area (Å²) in [5.41, 5.74) is 19.2. The maximum atomic E-state index is 13.9. The normalized spacial score (nSPS) is 12.5. The van der Waals surface area contributed by atoms with Crippen molar-refractivity contribution in [2.45, 2.75) is 13.5 Å². The second-order valence-corrected chi connectivity index (χ2v) is 7.20. The molecule has 2 heterocycles. The number of rotatable bonds is 8. The predicted octanol–water partition coefficient (Wildman–Crippen LogP) is 2.86. The van der Waals surface area contributed by atoms with Crippen LogP contribution in [0.2, 0.25) is 0 Å². The van der Waals surface area contributed by atoms with Crippen LogP contribution in [0.4, 0.5) is 14.6 Å². The van der Waals surface area contributed by atoms with E-state index >= 15 is 0 Å². The number of nitrogens with zero attached hydrogens (tertiary/aromatic N) is 3. The Bertz CT molecular complexity index is 1300. The minimum atomic E-state index is -0.732. The van der Waals surface area contributed by atoms with Crippen LogP contribution in [0.3, 0.4) is 0 Å². The van der Waals surface area contributed by atoms with Crippen LogP contribution in [0.25, 0.3) is 11.3 Å². The lowest BCUT2D eigenvalue weighted by Crippen LogP contribution is -2.16. The fraction of sp³-hybridized carbons (Fsp3) is 0.0833. The minimum Gasteiger partial charge on any atom is -0.404 e. The number of hydrogen-bond donors (Lipinski definition) is 4. The summed E-state index contributed by atoms with van der Waals surface area (Å²) in [5.74, 6) is -1.32. The molecule has 0 radical (unpaired) electrons. The van der Waals surface area contributed by atoms with E-state index < -0.39 is 17.5 Å². The first-order valence-electron chi connectivity index (χ1n) is 10.1. The Kier molecular flexibility index (Phi) is 7.65. The van der Waals surface area contributed by atoms with E-state index in [1.54, 1.807) is 18.2 Å². The molecule has 0 fully saturated rings. The van der Waals surface area contributed by atoms with Gasteiger partial charge in [-0.3, -0.25) is 14.8 Å². The Morgan fingerprint density at radius 3 is 2.65 bits per heavy atom.